The lowest BCUT2D eigenvalue weighted by atomic mass is 9.91. The molecule has 6 nitrogen and oxygen atoms in total. The van der Waals surface area contributed by atoms with Crippen LogP contribution in [0.4, 0.5) is 17.1 Å². The molecule has 2 aromatic carbocycles. The van der Waals surface area contributed by atoms with Crippen LogP contribution in [-0.4, -0.2) is 23.4 Å². The Morgan fingerprint density at radius 1 is 1.19 bits per heavy atom. The highest BCUT2D eigenvalue weighted by atomic mass is 16.6. The molecule has 2 aromatic rings. The van der Waals surface area contributed by atoms with Crippen molar-refractivity contribution in [2.24, 2.45) is 0 Å². The summed E-state index contributed by atoms with van der Waals surface area (Å²) in [4.78, 5) is 25.8. The fourth-order valence-corrected chi connectivity index (χ4v) is 3.50. The third kappa shape index (κ3) is 3.03. The number of hydrogen-bond acceptors (Lipinski definition) is 4. The molecule has 0 spiro atoms. The molecule has 1 fully saturated rings. The Kier molecular flexibility index (Phi) is 4.11. The standard InChI is InChI=1S/C20H21N3O3/c1-13-10-11-22(18-5-3-2-4-16(13)18)20(24)14-6-9-17(21-15-7-8-15)19(12-14)23(25)26/h2-6,9,12-13,15,21H,7-8,10-11H2,1H3. The van der Waals surface area contributed by atoms with Crippen LogP contribution >= 0.6 is 0 Å². The van der Waals surface area contributed by atoms with Crippen molar-refractivity contribution in [2.75, 3.05) is 16.8 Å². The van der Waals surface area contributed by atoms with E-state index in [0.717, 1.165) is 30.5 Å². The first-order valence-corrected chi connectivity index (χ1v) is 9.00. The fourth-order valence-electron chi connectivity index (χ4n) is 3.50. The maximum Gasteiger partial charge on any atom is 0.293 e. The second-order valence-electron chi connectivity index (χ2n) is 7.11. The third-order valence-corrected chi connectivity index (χ3v) is 5.17. The molecule has 6 heteroatoms. The monoisotopic (exact) mass is 351 g/mol. The normalized spacial score (nSPS) is 19.0. The smallest absolute Gasteiger partial charge is 0.293 e. The van der Waals surface area contributed by atoms with Crippen LogP contribution in [0.5, 0.6) is 0 Å². The van der Waals surface area contributed by atoms with E-state index in [2.05, 4.69) is 12.2 Å². The predicted octanol–water partition coefficient (Wildman–Crippen LogP) is 4.32. The number of nitrogens with zero attached hydrogens (tertiary/aromatic N) is 2. The van der Waals surface area contributed by atoms with Gasteiger partial charge in [0, 0.05) is 29.9 Å². The molecule has 1 aliphatic carbocycles. The number of fused-ring (bicyclic) bond motifs is 1. The molecular formula is C20H21N3O3. The van der Waals surface area contributed by atoms with Gasteiger partial charge in [0.1, 0.15) is 5.69 Å². The summed E-state index contributed by atoms with van der Waals surface area (Å²) in [7, 11) is 0. The van der Waals surface area contributed by atoms with Crippen molar-refractivity contribution in [1.82, 2.24) is 0 Å². The number of carbonyl (C=O) groups is 1. The highest BCUT2D eigenvalue weighted by molar-refractivity contribution is 6.07. The number of benzene rings is 2. The maximum atomic E-state index is 13.1. The van der Waals surface area contributed by atoms with Crippen molar-refractivity contribution in [3.63, 3.8) is 0 Å². The summed E-state index contributed by atoms with van der Waals surface area (Å²) >= 11 is 0. The van der Waals surface area contributed by atoms with E-state index in [9.17, 15) is 14.9 Å². The summed E-state index contributed by atoms with van der Waals surface area (Å²) < 4.78 is 0. The van der Waals surface area contributed by atoms with Gasteiger partial charge in [0.2, 0.25) is 0 Å². The Morgan fingerprint density at radius 2 is 1.96 bits per heavy atom. The molecule has 1 N–H and O–H groups in total. The van der Waals surface area contributed by atoms with Gasteiger partial charge in [-0.05, 0) is 48.9 Å². The summed E-state index contributed by atoms with van der Waals surface area (Å²) in [5.74, 6) is 0.208. The molecule has 2 aliphatic rings. The van der Waals surface area contributed by atoms with Crippen molar-refractivity contribution >= 4 is 23.0 Å². The van der Waals surface area contributed by atoms with Gasteiger partial charge in [-0.1, -0.05) is 25.1 Å². The minimum absolute atomic E-state index is 0.0404. The first-order valence-electron chi connectivity index (χ1n) is 9.00. The van der Waals surface area contributed by atoms with Crippen LogP contribution in [0.25, 0.3) is 0 Å². The largest absolute Gasteiger partial charge is 0.377 e. The molecule has 134 valence electrons. The zero-order chi connectivity index (χ0) is 18.3. The van der Waals surface area contributed by atoms with Crippen molar-refractivity contribution in [2.45, 2.75) is 38.1 Å². The van der Waals surface area contributed by atoms with E-state index in [1.807, 2.05) is 24.3 Å². The zero-order valence-electron chi connectivity index (χ0n) is 14.6. The zero-order valence-corrected chi connectivity index (χ0v) is 14.6. The Labute approximate surface area is 152 Å². The average molecular weight is 351 g/mol. The molecule has 1 unspecified atom stereocenters. The first kappa shape index (κ1) is 16.6. The number of anilines is 2. The molecule has 1 saturated carbocycles. The minimum Gasteiger partial charge on any atom is -0.377 e. The van der Waals surface area contributed by atoms with Gasteiger partial charge in [-0.2, -0.15) is 0 Å². The lowest BCUT2D eigenvalue weighted by molar-refractivity contribution is -0.384. The van der Waals surface area contributed by atoms with Gasteiger partial charge in [-0.25, -0.2) is 0 Å². The number of rotatable bonds is 4. The second kappa shape index (κ2) is 6.44. The Balaban J connectivity index is 1.67. The third-order valence-electron chi connectivity index (χ3n) is 5.17. The first-order chi connectivity index (χ1) is 12.5. The van der Waals surface area contributed by atoms with E-state index in [1.54, 1.807) is 17.0 Å². The van der Waals surface area contributed by atoms with Crippen LogP contribution in [0, 0.1) is 10.1 Å². The molecule has 26 heavy (non-hydrogen) atoms. The number of hydrogen-bond donors (Lipinski definition) is 1. The summed E-state index contributed by atoms with van der Waals surface area (Å²) in [5.41, 5.74) is 2.85. The second-order valence-corrected chi connectivity index (χ2v) is 7.11. The highest BCUT2D eigenvalue weighted by Gasteiger charge is 2.29. The molecular weight excluding hydrogens is 330 g/mol. The van der Waals surface area contributed by atoms with Crippen molar-refractivity contribution in [3.8, 4) is 0 Å². The van der Waals surface area contributed by atoms with E-state index in [1.165, 1.54) is 6.07 Å². The van der Waals surface area contributed by atoms with Crippen LogP contribution in [0.15, 0.2) is 42.5 Å². The van der Waals surface area contributed by atoms with E-state index < -0.39 is 4.92 Å². The number of nitrogens with one attached hydrogen (secondary N) is 1. The molecule has 4 rings (SSSR count). The summed E-state index contributed by atoms with van der Waals surface area (Å²) in [5, 5.41) is 14.6. The highest BCUT2D eigenvalue weighted by Crippen LogP contribution is 2.36. The van der Waals surface area contributed by atoms with E-state index in [4.69, 9.17) is 0 Å². The van der Waals surface area contributed by atoms with Gasteiger partial charge in [0.05, 0.1) is 4.92 Å². The summed E-state index contributed by atoms with van der Waals surface area (Å²) in [6, 6.07) is 12.9. The van der Waals surface area contributed by atoms with Crippen LogP contribution in [0.3, 0.4) is 0 Å². The molecule has 1 amide bonds. The van der Waals surface area contributed by atoms with Crippen LogP contribution in [-0.2, 0) is 0 Å². The van der Waals surface area contributed by atoms with Crippen LogP contribution in [0.2, 0.25) is 0 Å². The number of para-hydroxylation sites is 1. The van der Waals surface area contributed by atoms with E-state index in [0.29, 0.717) is 29.8 Å². The Morgan fingerprint density at radius 3 is 2.69 bits per heavy atom. The van der Waals surface area contributed by atoms with Crippen molar-refractivity contribution < 1.29 is 9.72 Å². The number of nitro benzene ring substituents is 1. The molecule has 1 atom stereocenters. The number of carbonyl (C=O) groups excluding carboxylic acids is 1. The molecule has 0 aromatic heterocycles. The number of nitro groups is 1. The Bertz CT molecular complexity index is 876. The lowest BCUT2D eigenvalue weighted by Gasteiger charge is -2.33. The van der Waals surface area contributed by atoms with E-state index in [-0.39, 0.29) is 11.6 Å². The molecule has 0 radical (unpaired) electrons. The van der Waals surface area contributed by atoms with E-state index >= 15 is 0 Å². The summed E-state index contributed by atoms with van der Waals surface area (Å²) in [6.45, 7) is 2.77. The fraction of sp³-hybridized carbons (Fsp3) is 0.350. The quantitative estimate of drug-likeness (QED) is 0.657. The summed E-state index contributed by atoms with van der Waals surface area (Å²) in [6.07, 6.45) is 2.94. The SMILES string of the molecule is CC1CCN(C(=O)c2ccc(NC3CC3)c([N+](=O)[O-])c2)c2ccccc21. The average Bonchev–Trinajstić information content (AvgIpc) is 3.46. The van der Waals surface area contributed by atoms with Crippen molar-refractivity contribution in [3.05, 3.63) is 63.7 Å². The van der Waals surface area contributed by atoms with Crippen LogP contribution in [0.1, 0.15) is 48.0 Å². The number of amides is 1. The maximum absolute atomic E-state index is 13.1. The van der Waals surface area contributed by atoms with Gasteiger partial charge >= 0.3 is 0 Å². The van der Waals surface area contributed by atoms with Crippen molar-refractivity contribution in [1.29, 1.82) is 0 Å². The minimum atomic E-state index is -0.423. The van der Waals surface area contributed by atoms with Gasteiger partial charge in [0.15, 0.2) is 0 Å². The lowest BCUT2D eigenvalue weighted by Crippen LogP contribution is -2.36. The molecule has 1 heterocycles. The topological polar surface area (TPSA) is 75.5 Å². The van der Waals surface area contributed by atoms with Gasteiger partial charge < -0.3 is 10.2 Å². The van der Waals surface area contributed by atoms with Gasteiger partial charge in [-0.15, -0.1) is 0 Å². The molecule has 0 saturated heterocycles. The van der Waals surface area contributed by atoms with Crippen LogP contribution < -0.4 is 10.2 Å². The Hall–Kier alpha value is -2.89. The predicted molar refractivity (Wildman–Crippen MR) is 101 cm³/mol. The molecule has 1 aliphatic heterocycles. The van der Waals surface area contributed by atoms with Gasteiger partial charge in [0.25, 0.3) is 11.6 Å². The molecule has 0 bridgehead atoms. The van der Waals surface area contributed by atoms with Gasteiger partial charge in [-0.3, -0.25) is 14.9 Å².